The number of halogens is 1. The third-order valence-electron chi connectivity index (χ3n) is 2.63. The van der Waals surface area contributed by atoms with Gasteiger partial charge in [0.1, 0.15) is 11.4 Å². The van der Waals surface area contributed by atoms with E-state index in [9.17, 15) is 4.79 Å². The zero-order valence-corrected chi connectivity index (χ0v) is 12.4. The van der Waals surface area contributed by atoms with Crippen molar-refractivity contribution in [2.75, 3.05) is 11.9 Å². The number of aryl methyl sites for hydroxylation is 1. The van der Waals surface area contributed by atoms with Gasteiger partial charge in [0.05, 0.1) is 6.61 Å². The van der Waals surface area contributed by atoms with E-state index >= 15 is 0 Å². The number of aromatic nitrogens is 1. The Morgan fingerprint density at radius 1 is 1.37 bits per heavy atom. The van der Waals surface area contributed by atoms with Crippen molar-refractivity contribution in [2.45, 2.75) is 6.92 Å². The van der Waals surface area contributed by atoms with Crippen LogP contribution in [0.1, 0.15) is 17.4 Å². The first-order valence-corrected chi connectivity index (χ1v) is 6.75. The van der Waals surface area contributed by atoms with Gasteiger partial charge in [-0.25, -0.2) is 0 Å². The Kier molecular flexibility index (Phi) is 4.27. The van der Waals surface area contributed by atoms with Gasteiger partial charge in [0.2, 0.25) is 0 Å². The van der Waals surface area contributed by atoms with Crippen molar-refractivity contribution < 1.29 is 9.53 Å². The average molecular weight is 323 g/mol. The molecule has 2 aromatic rings. The molecule has 0 fully saturated rings. The lowest BCUT2D eigenvalue weighted by Gasteiger charge is -2.07. The first-order valence-electron chi connectivity index (χ1n) is 5.96. The molecule has 2 rings (SSSR count). The molecule has 5 heteroatoms. The number of nitrogens with zero attached hydrogens (tertiary/aromatic N) is 1. The molecule has 0 unspecified atom stereocenters. The molecule has 100 valence electrons. The summed E-state index contributed by atoms with van der Waals surface area (Å²) in [6.07, 6.45) is 1.84. The summed E-state index contributed by atoms with van der Waals surface area (Å²) in [4.78, 5) is 12.1. The number of nitrogens with one attached hydrogen (secondary N) is 1. The molecule has 0 aliphatic heterocycles. The Morgan fingerprint density at radius 2 is 2.05 bits per heavy atom. The molecule has 1 amide bonds. The van der Waals surface area contributed by atoms with Crippen LogP contribution >= 0.6 is 15.9 Å². The molecule has 0 saturated heterocycles. The monoisotopic (exact) mass is 322 g/mol. The summed E-state index contributed by atoms with van der Waals surface area (Å²) in [5, 5.41) is 2.85. The lowest BCUT2D eigenvalue weighted by atomic mass is 10.3. The van der Waals surface area contributed by atoms with E-state index < -0.39 is 0 Å². The third-order valence-corrected chi connectivity index (χ3v) is 3.06. The van der Waals surface area contributed by atoms with Gasteiger partial charge in [-0.2, -0.15) is 0 Å². The molecule has 0 aliphatic rings. The summed E-state index contributed by atoms with van der Waals surface area (Å²) in [6, 6.07) is 9.09. The van der Waals surface area contributed by atoms with E-state index in [0.29, 0.717) is 12.3 Å². The first kappa shape index (κ1) is 13.7. The van der Waals surface area contributed by atoms with Crippen LogP contribution in [0.25, 0.3) is 0 Å². The van der Waals surface area contributed by atoms with Crippen LogP contribution < -0.4 is 10.1 Å². The van der Waals surface area contributed by atoms with Crippen LogP contribution in [0.3, 0.4) is 0 Å². The largest absolute Gasteiger partial charge is 0.494 e. The predicted octanol–water partition coefficient (Wildman–Crippen LogP) is 3.44. The maximum absolute atomic E-state index is 12.1. The van der Waals surface area contributed by atoms with Crippen molar-refractivity contribution in [1.29, 1.82) is 0 Å². The molecule has 0 bridgehead atoms. The zero-order chi connectivity index (χ0) is 13.8. The van der Waals surface area contributed by atoms with Crippen LogP contribution in [0.15, 0.2) is 41.0 Å². The van der Waals surface area contributed by atoms with Gasteiger partial charge in [0.15, 0.2) is 0 Å². The number of amides is 1. The number of carbonyl (C=O) groups is 1. The molecular formula is C14H15BrN2O2. The van der Waals surface area contributed by atoms with Crippen LogP contribution in [0.5, 0.6) is 5.75 Å². The fourth-order valence-electron chi connectivity index (χ4n) is 1.75. The summed E-state index contributed by atoms with van der Waals surface area (Å²) in [7, 11) is 1.83. The van der Waals surface area contributed by atoms with E-state index in [1.54, 1.807) is 10.6 Å². The third kappa shape index (κ3) is 3.38. The van der Waals surface area contributed by atoms with Crippen LogP contribution in [-0.4, -0.2) is 17.1 Å². The normalized spacial score (nSPS) is 10.3. The molecule has 19 heavy (non-hydrogen) atoms. The number of carbonyl (C=O) groups excluding carboxylic acids is 1. The molecule has 1 heterocycles. The van der Waals surface area contributed by atoms with Crippen LogP contribution in [-0.2, 0) is 7.05 Å². The number of anilines is 1. The molecule has 0 spiro atoms. The van der Waals surface area contributed by atoms with E-state index in [0.717, 1.165) is 15.9 Å². The van der Waals surface area contributed by atoms with Gasteiger partial charge in [0, 0.05) is 23.4 Å². The zero-order valence-electron chi connectivity index (χ0n) is 10.8. The maximum atomic E-state index is 12.1. The molecule has 0 atom stereocenters. The summed E-state index contributed by atoms with van der Waals surface area (Å²) in [5.74, 6) is 0.652. The summed E-state index contributed by atoms with van der Waals surface area (Å²) in [6.45, 7) is 2.56. The molecule has 4 nitrogen and oxygen atoms in total. The second-order valence-electron chi connectivity index (χ2n) is 4.07. The Balaban J connectivity index is 2.08. The average Bonchev–Trinajstić information content (AvgIpc) is 2.71. The number of benzene rings is 1. The minimum atomic E-state index is -0.141. The summed E-state index contributed by atoms with van der Waals surface area (Å²) >= 11 is 3.35. The molecular weight excluding hydrogens is 308 g/mol. The van der Waals surface area contributed by atoms with Crippen LogP contribution in [0.4, 0.5) is 5.69 Å². The molecule has 1 aromatic carbocycles. The van der Waals surface area contributed by atoms with E-state index in [1.165, 1.54) is 0 Å². The molecule has 0 aliphatic carbocycles. The van der Waals surface area contributed by atoms with Gasteiger partial charge in [-0.15, -0.1) is 0 Å². The fourth-order valence-corrected chi connectivity index (χ4v) is 2.27. The van der Waals surface area contributed by atoms with Gasteiger partial charge < -0.3 is 14.6 Å². The van der Waals surface area contributed by atoms with E-state index in [4.69, 9.17) is 4.74 Å². The topological polar surface area (TPSA) is 43.3 Å². The highest BCUT2D eigenvalue weighted by Crippen LogP contribution is 2.18. The van der Waals surface area contributed by atoms with Gasteiger partial charge in [0.25, 0.3) is 5.91 Å². The van der Waals surface area contributed by atoms with Crippen molar-refractivity contribution in [3.05, 3.63) is 46.7 Å². The highest BCUT2D eigenvalue weighted by molar-refractivity contribution is 9.10. The first-order chi connectivity index (χ1) is 9.10. The van der Waals surface area contributed by atoms with Gasteiger partial charge in [-0.3, -0.25) is 4.79 Å². The molecule has 0 radical (unpaired) electrons. The smallest absolute Gasteiger partial charge is 0.272 e. The van der Waals surface area contributed by atoms with E-state index in [1.807, 2.05) is 44.4 Å². The van der Waals surface area contributed by atoms with Crippen molar-refractivity contribution in [2.24, 2.45) is 7.05 Å². The second kappa shape index (κ2) is 5.93. The highest BCUT2D eigenvalue weighted by Gasteiger charge is 2.11. The Hall–Kier alpha value is -1.75. The Morgan fingerprint density at radius 3 is 2.58 bits per heavy atom. The van der Waals surface area contributed by atoms with Gasteiger partial charge in [-0.05, 0) is 53.2 Å². The Bertz CT molecular complexity index is 576. The lowest BCUT2D eigenvalue weighted by molar-refractivity contribution is 0.101. The fraction of sp³-hybridized carbons (Fsp3) is 0.214. The van der Waals surface area contributed by atoms with Gasteiger partial charge in [-0.1, -0.05) is 0 Å². The van der Waals surface area contributed by atoms with Gasteiger partial charge >= 0.3 is 0 Å². The number of ether oxygens (including phenoxy) is 1. The number of rotatable bonds is 4. The molecule has 1 aromatic heterocycles. The molecule has 0 saturated carbocycles. The van der Waals surface area contributed by atoms with Crippen LogP contribution in [0, 0.1) is 0 Å². The minimum absolute atomic E-state index is 0.141. The quantitative estimate of drug-likeness (QED) is 0.937. The standard InChI is InChI=1S/C14H15BrN2O2/c1-3-19-12-6-4-11(5-7-12)16-14(18)13-8-10(15)9-17(13)2/h4-9H,3H2,1-2H3,(H,16,18). The SMILES string of the molecule is CCOc1ccc(NC(=O)c2cc(Br)cn2C)cc1. The summed E-state index contributed by atoms with van der Waals surface area (Å²) in [5.41, 5.74) is 1.34. The van der Waals surface area contributed by atoms with Crippen LogP contribution in [0.2, 0.25) is 0 Å². The van der Waals surface area contributed by atoms with Crippen molar-refractivity contribution in [3.63, 3.8) is 0 Å². The lowest BCUT2D eigenvalue weighted by Crippen LogP contribution is -2.15. The highest BCUT2D eigenvalue weighted by atomic mass is 79.9. The van der Waals surface area contributed by atoms with E-state index in [2.05, 4.69) is 21.2 Å². The van der Waals surface area contributed by atoms with E-state index in [-0.39, 0.29) is 5.91 Å². The number of hydrogen-bond donors (Lipinski definition) is 1. The predicted molar refractivity (Wildman–Crippen MR) is 78.7 cm³/mol. The van der Waals surface area contributed by atoms with Crippen molar-refractivity contribution in [3.8, 4) is 5.75 Å². The summed E-state index contributed by atoms with van der Waals surface area (Å²) < 4.78 is 8.00. The maximum Gasteiger partial charge on any atom is 0.272 e. The Labute approximate surface area is 120 Å². The second-order valence-corrected chi connectivity index (χ2v) is 4.98. The number of hydrogen-bond acceptors (Lipinski definition) is 2. The minimum Gasteiger partial charge on any atom is -0.494 e. The van der Waals surface area contributed by atoms with Crippen molar-refractivity contribution in [1.82, 2.24) is 4.57 Å². The van der Waals surface area contributed by atoms with Crippen molar-refractivity contribution >= 4 is 27.5 Å². The molecule has 1 N–H and O–H groups in total.